The maximum atomic E-state index is 13.6. The fourth-order valence-corrected chi connectivity index (χ4v) is 3.50. The molecule has 0 bridgehead atoms. The van der Waals surface area contributed by atoms with Crippen LogP contribution in [0.3, 0.4) is 0 Å². The molecule has 1 aromatic rings. The van der Waals surface area contributed by atoms with Gasteiger partial charge in [-0.1, -0.05) is 6.07 Å². The third-order valence-electron chi connectivity index (χ3n) is 4.63. The molecule has 1 spiro atoms. The molecule has 1 aliphatic carbocycles. The van der Waals surface area contributed by atoms with E-state index in [0.717, 1.165) is 6.07 Å². The van der Waals surface area contributed by atoms with Gasteiger partial charge in [0.05, 0.1) is 12.0 Å². The molecule has 0 saturated carbocycles. The molecule has 0 aromatic heterocycles. The van der Waals surface area contributed by atoms with Gasteiger partial charge < -0.3 is 9.47 Å². The standard InChI is InChI=1S/C17H17FO5/c1-2-23-16(21)13-14(19)11-9-10(18)3-4-12(11)17(15(13)20)5-7-22-8-6-17/h3-4,9,13H,2,5-8H2,1H3. The molecular weight excluding hydrogens is 303 g/mol. The number of esters is 1. The highest BCUT2D eigenvalue weighted by Gasteiger charge is 2.55. The Morgan fingerprint density at radius 3 is 2.70 bits per heavy atom. The largest absolute Gasteiger partial charge is 0.465 e. The van der Waals surface area contributed by atoms with Gasteiger partial charge in [-0.15, -0.1) is 0 Å². The molecule has 0 amide bonds. The normalized spacial score (nSPS) is 22.8. The monoisotopic (exact) mass is 320 g/mol. The Labute approximate surface area is 132 Å². The summed E-state index contributed by atoms with van der Waals surface area (Å²) in [4.78, 5) is 37.8. The van der Waals surface area contributed by atoms with Gasteiger partial charge in [-0.05, 0) is 37.5 Å². The number of fused-ring (bicyclic) bond motifs is 2. The van der Waals surface area contributed by atoms with Crippen molar-refractivity contribution in [3.63, 3.8) is 0 Å². The van der Waals surface area contributed by atoms with Crippen LogP contribution < -0.4 is 0 Å². The first-order chi connectivity index (χ1) is 11.0. The highest BCUT2D eigenvalue weighted by molar-refractivity contribution is 6.28. The number of hydrogen-bond donors (Lipinski definition) is 0. The van der Waals surface area contributed by atoms with E-state index >= 15 is 0 Å². The van der Waals surface area contributed by atoms with Gasteiger partial charge in [0.2, 0.25) is 0 Å². The van der Waals surface area contributed by atoms with Gasteiger partial charge in [0.15, 0.2) is 17.5 Å². The first kappa shape index (κ1) is 15.8. The van der Waals surface area contributed by atoms with Gasteiger partial charge in [-0.3, -0.25) is 14.4 Å². The number of benzene rings is 1. The average molecular weight is 320 g/mol. The number of carbonyl (C=O) groups excluding carboxylic acids is 3. The van der Waals surface area contributed by atoms with Crippen molar-refractivity contribution in [1.82, 2.24) is 0 Å². The van der Waals surface area contributed by atoms with E-state index in [0.29, 0.717) is 31.6 Å². The van der Waals surface area contributed by atoms with Crippen LogP contribution in [0.15, 0.2) is 18.2 Å². The first-order valence-electron chi connectivity index (χ1n) is 7.64. The van der Waals surface area contributed by atoms with Crippen LogP contribution in [0, 0.1) is 11.7 Å². The first-order valence-corrected chi connectivity index (χ1v) is 7.64. The Morgan fingerprint density at radius 2 is 2.04 bits per heavy atom. The summed E-state index contributed by atoms with van der Waals surface area (Å²) < 4.78 is 23.8. The van der Waals surface area contributed by atoms with Crippen molar-refractivity contribution in [2.75, 3.05) is 19.8 Å². The second kappa shape index (κ2) is 5.85. The molecule has 1 unspecified atom stereocenters. The third-order valence-corrected chi connectivity index (χ3v) is 4.63. The van der Waals surface area contributed by atoms with E-state index in [1.165, 1.54) is 12.1 Å². The topological polar surface area (TPSA) is 69.7 Å². The lowest BCUT2D eigenvalue weighted by Gasteiger charge is -2.41. The van der Waals surface area contributed by atoms with Crippen molar-refractivity contribution >= 4 is 17.5 Å². The maximum absolute atomic E-state index is 13.6. The van der Waals surface area contributed by atoms with E-state index in [1.807, 2.05) is 0 Å². The van der Waals surface area contributed by atoms with E-state index in [4.69, 9.17) is 9.47 Å². The molecule has 0 N–H and O–H groups in total. The Bertz CT molecular complexity index is 676. The fraction of sp³-hybridized carbons (Fsp3) is 0.471. The molecule has 5 nitrogen and oxygen atoms in total. The number of ketones is 2. The minimum atomic E-state index is -1.51. The Balaban J connectivity index is 2.17. The average Bonchev–Trinajstić information content (AvgIpc) is 2.54. The highest BCUT2D eigenvalue weighted by atomic mass is 19.1. The molecule has 1 aliphatic heterocycles. The lowest BCUT2D eigenvalue weighted by atomic mass is 9.61. The summed E-state index contributed by atoms with van der Waals surface area (Å²) in [5.74, 6) is -4.08. The Hall–Kier alpha value is -2.08. The van der Waals surface area contributed by atoms with Gasteiger partial charge in [-0.25, -0.2) is 4.39 Å². The zero-order valence-corrected chi connectivity index (χ0v) is 12.8. The van der Waals surface area contributed by atoms with Crippen LogP contribution in [0.1, 0.15) is 35.7 Å². The summed E-state index contributed by atoms with van der Waals surface area (Å²) in [5, 5.41) is 0. The lowest BCUT2D eigenvalue weighted by Crippen LogP contribution is -2.53. The van der Waals surface area contributed by atoms with Crippen molar-refractivity contribution in [3.05, 3.63) is 35.1 Å². The second-order valence-corrected chi connectivity index (χ2v) is 5.80. The van der Waals surface area contributed by atoms with Crippen LogP contribution in [0.25, 0.3) is 0 Å². The number of Topliss-reactive ketones (excluding diaryl/α,β-unsaturated/α-hetero) is 2. The van der Waals surface area contributed by atoms with E-state index in [2.05, 4.69) is 0 Å². The van der Waals surface area contributed by atoms with Gasteiger partial charge in [0.1, 0.15) is 5.82 Å². The number of hydrogen-bond acceptors (Lipinski definition) is 5. The zero-order valence-electron chi connectivity index (χ0n) is 12.8. The van der Waals surface area contributed by atoms with Crippen LogP contribution in [0.5, 0.6) is 0 Å². The molecule has 1 fully saturated rings. The smallest absolute Gasteiger partial charge is 0.324 e. The number of rotatable bonds is 2. The number of ether oxygens (including phenoxy) is 2. The minimum Gasteiger partial charge on any atom is -0.465 e. The molecule has 2 aliphatic rings. The van der Waals surface area contributed by atoms with E-state index in [-0.39, 0.29) is 12.2 Å². The number of halogens is 1. The van der Waals surface area contributed by atoms with Crippen LogP contribution in [0.2, 0.25) is 0 Å². The van der Waals surface area contributed by atoms with Crippen molar-refractivity contribution in [3.8, 4) is 0 Å². The van der Waals surface area contributed by atoms with Crippen LogP contribution in [0.4, 0.5) is 4.39 Å². The molecule has 3 rings (SSSR count). The minimum absolute atomic E-state index is 0.0714. The highest BCUT2D eigenvalue weighted by Crippen LogP contribution is 2.44. The zero-order chi connectivity index (χ0) is 16.6. The predicted octanol–water partition coefficient (Wildman–Crippen LogP) is 1.82. The van der Waals surface area contributed by atoms with Gasteiger partial charge in [0, 0.05) is 18.8 Å². The summed E-state index contributed by atoms with van der Waals surface area (Å²) in [6.07, 6.45) is 0.737. The summed E-state index contributed by atoms with van der Waals surface area (Å²) in [7, 11) is 0. The van der Waals surface area contributed by atoms with Crippen molar-refractivity contribution in [2.45, 2.75) is 25.2 Å². The summed E-state index contributed by atoms with van der Waals surface area (Å²) >= 11 is 0. The van der Waals surface area contributed by atoms with E-state index < -0.39 is 34.7 Å². The summed E-state index contributed by atoms with van der Waals surface area (Å²) in [6.45, 7) is 2.38. The van der Waals surface area contributed by atoms with E-state index in [9.17, 15) is 18.8 Å². The van der Waals surface area contributed by atoms with Crippen molar-refractivity contribution in [2.24, 2.45) is 5.92 Å². The molecule has 0 radical (unpaired) electrons. The van der Waals surface area contributed by atoms with Gasteiger partial charge >= 0.3 is 5.97 Å². The second-order valence-electron chi connectivity index (χ2n) is 5.80. The van der Waals surface area contributed by atoms with Crippen LogP contribution in [-0.4, -0.2) is 37.4 Å². The molecule has 6 heteroatoms. The SMILES string of the molecule is CCOC(=O)C1C(=O)c2cc(F)ccc2C2(CCOCC2)C1=O. The Morgan fingerprint density at radius 1 is 1.35 bits per heavy atom. The van der Waals surface area contributed by atoms with Gasteiger partial charge in [0.25, 0.3) is 0 Å². The summed E-state index contributed by atoms with van der Waals surface area (Å²) in [6, 6.07) is 3.82. The third kappa shape index (κ3) is 2.37. The molecule has 23 heavy (non-hydrogen) atoms. The molecular formula is C17H17FO5. The molecule has 1 aromatic carbocycles. The Kier molecular flexibility index (Phi) is 4.02. The molecule has 1 saturated heterocycles. The number of carbonyl (C=O) groups is 3. The van der Waals surface area contributed by atoms with Crippen LogP contribution >= 0.6 is 0 Å². The molecule has 1 heterocycles. The fourth-order valence-electron chi connectivity index (χ4n) is 3.50. The summed E-state index contributed by atoms with van der Waals surface area (Å²) in [5.41, 5.74) is -0.380. The maximum Gasteiger partial charge on any atom is 0.324 e. The van der Waals surface area contributed by atoms with Crippen molar-refractivity contribution < 1.29 is 28.2 Å². The van der Waals surface area contributed by atoms with E-state index in [1.54, 1.807) is 6.92 Å². The quantitative estimate of drug-likeness (QED) is 0.614. The van der Waals surface area contributed by atoms with Gasteiger partial charge in [-0.2, -0.15) is 0 Å². The lowest BCUT2D eigenvalue weighted by molar-refractivity contribution is -0.152. The van der Waals surface area contributed by atoms with Crippen molar-refractivity contribution in [1.29, 1.82) is 0 Å². The predicted molar refractivity (Wildman–Crippen MR) is 77.6 cm³/mol. The molecule has 1 atom stereocenters. The van der Waals surface area contributed by atoms with Crippen LogP contribution in [-0.2, 0) is 24.5 Å². The molecule has 122 valence electrons.